The fraction of sp³-hybridized carbons (Fsp3) is 0.486. The van der Waals surface area contributed by atoms with Gasteiger partial charge in [-0.1, -0.05) is 135 Å². The first-order chi connectivity index (χ1) is 40.5. The van der Waals surface area contributed by atoms with Gasteiger partial charge in [0.2, 0.25) is 0 Å². The smallest absolute Gasteiger partial charge is 0.340 e. The number of methoxy groups -OCH3 is 1. The Hall–Kier alpha value is -6.37. The molecule has 3 fully saturated rings. The van der Waals surface area contributed by atoms with Gasteiger partial charge in [0.15, 0.2) is 17.8 Å². The summed E-state index contributed by atoms with van der Waals surface area (Å²) in [6.07, 6.45) is 25.3. The summed E-state index contributed by atoms with van der Waals surface area (Å²) in [5.41, 5.74) is 7.04. The highest BCUT2D eigenvalue weighted by Crippen LogP contribution is 2.62. The van der Waals surface area contributed by atoms with E-state index in [1.807, 2.05) is 6.07 Å². The molecule has 5 aromatic rings. The number of aryl methyl sites for hydroxylation is 1. The predicted octanol–water partition coefficient (Wildman–Crippen LogP) is 13.3. The summed E-state index contributed by atoms with van der Waals surface area (Å²) < 4.78 is 33.9. The maximum atomic E-state index is 15.8. The summed E-state index contributed by atoms with van der Waals surface area (Å²) in [4.78, 5) is 46.0. The molecule has 11 heteroatoms. The Morgan fingerprint density at radius 2 is 1.65 bits per heavy atom. The number of fused-ring (bicyclic) bond motifs is 16. The van der Waals surface area contributed by atoms with E-state index in [1.165, 1.54) is 42.2 Å². The van der Waals surface area contributed by atoms with Gasteiger partial charge in [-0.15, -0.1) is 0 Å². The van der Waals surface area contributed by atoms with Crippen LogP contribution in [0.4, 0.5) is 0 Å². The van der Waals surface area contributed by atoms with Crippen molar-refractivity contribution in [1.29, 1.82) is 0 Å². The zero-order valence-electron chi connectivity index (χ0n) is 48.2. The Morgan fingerprint density at radius 1 is 0.819 bits per heavy atom. The van der Waals surface area contributed by atoms with Gasteiger partial charge >= 0.3 is 17.6 Å². The molecular formula is C72H80O11. The standard InChI is InChI=1S/C72H80O11/c1-44(41-74)55-25-19-45-17-20-46(21-18-45)56-26-23-50(49-12-9-15-54(38-49)71-33-6-5-14-53(71)24-22-47-11-3-4-16-59(47)71)37-52(56)39-62(76)80-66-64-61(28-27-57-58(42-75)63(69(78)81-65(57)64)51(30-36-73)43-79-2)83-72(67(66)82-68(55)77)34-10-13-48-29-35-70(40-60(48)72)31-7-8-32-70/h3-4,9-13,15-18,20-24,26-28,38,48,50-53,56,60,66-67,73-75H,5-8,14,19,25,29-37,39-43H2,1-2H3/b55-44-/t48-,50-,51-,52+,53-,56+,60+,66-,67+,71+,72+/m1/s1. The number of hydrogen-bond donors (Lipinski definition) is 3. The number of carbonyl (C=O) groups excluding carboxylic acids is 2. The number of hydrogen-bond acceptors (Lipinski definition) is 11. The second kappa shape index (κ2) is 22.9. The first kappa shape index (κ1) is 55.8. The van der Waals surface area contributed by atoms with Gasteiger partial charge in [0, 0.05) is 72.2 Å². The van der Waals surface area contributed by atoms with Gasteiger partial charge in [-0.2, -0.15) is 0 Å². The third kappa shape index (κ3) is 9.79. The van der Waals surface area contributed by atoms with Crippen LogP contribution < -0.4 is 10.4 Å². The Balaban J connectivity index is 0.956. The van der Waals surface area contributed by atoms with Crippen molar-refractivity contribution in [3.63, 3.8) is 0 Å². The zero-order chi connectivity index (χ0) is 57.0. The third-order valence-corrected chi connectivity index (χ3v) is 21.6. The Morgan fingerprint density at radius 3 is 2.46 bits per heavy atom. The van der Waals surface area contributed by atoms with Gasteiger partial charge in [0.25, 0.3) is 0 Å². The highest BCUT2D eigenvalue weighted by Gasteiger charge is 2.63. The summed E-state index contributed by atoms with van der Waals surface area (Å²) in [5.74, 6) is -1.35. The molecule has 3 saturated carbocycles. The number of ether oxygens (including phenoxy) is 4. The Bertz CT molecular complexity index is 3460. The van der Waals surface area contributed by atoms with Crippen molar-refractivity contribution >= 4 is 29.0 Å². The fourth-order valence-corrected chi connectivity index (χ4v) is 17.4. The minimum atomic E-state index is -1.33. The fourth-order valence-electron chi connectivity index (χ4n) is 17.4. The lowest BCUT2D eigenvalue weighted by Crippen LogP contribution is -2.63. The van der Waals surface area contributed by atoms with Crippen molar-refractivity contribution in [3.05, 3.63) is 187 Å². The van der Waals surface area contributed by atoms with Crippen LogP contribution in [0.5, 0.6) is 5.75 Å². The van der Waals surface area contributed by atoms with Crippen molar-refractivity contribution in [3.8, 4) is 5.75 Å². The molecule has 0 saturated heterocycles. The molecule has 0 unspecified atom stereocenters. The van der Waals surface area contributed by atoms with E-state index in [0.29, 0.717) is 53.0 Å². The van der Waals surface area contributed by atoms with Gasteiger partial charge < -0.3 is 38.7 Å². The topological polar surface area (TPSA) is 162 Å². The SMILES string of the molecule is COC[C@@H](CCO)c1c(CO)c2ccc3c(c2oc1=O)[C@H]1OC(=O)C[C@@H]2C[C@H](c4cccc([C@]56CCCC[C@@H]5C=Cc5ccccc56)c4)C=C[C@H]2c2ccc(cc2)CC/C(=C(\C)CO)C(=O)O[C@@H]1[C@@]1(CC=C[C@@H]2CCC4(CCCC4)C[C@@H]21)O3. The van der Waals surface area contributed by atoms with E-state index in [2.05, 4.69) is 109 Å². The van der Waals surface area contributed by atoms with Gasteiger partial charge in [-0.05, 0) is 157 Å². The first-order valence-corrected chi connectivity index (χ1v) is 31.0. The lowest BCUT2D eigenvalue weighted by atomic mass is 9.55. The molecule has 0 radical (unpaired) electrons. The average Bonchev–Trinajstić information content (AvgIpc) is 2.31. The van der Waals surface area contributed by atoms with Gasteiger partial charge in [0.1, 0.15) is 11.3 Å². The van der Waals surface area contributed by atoms with Crippen molar-refractivity contribution in [1.82, 2.24) is 0 Å². The van der Waals surface area contributed by atoms with Crippen LogP contribution in [0.15, 0.2) is 136 Å². The molecule has 9 aliphatic rings. The van der Waals surface area contributed by atoms with E-state index < -0.39 is 47.9 Å². The minimum absolute atomic E-state index is 0.000285. The molecule has 2 spiro atoms. The number of aliphatic hydroxyl groups excluding tert-OH is 3. The summed E-state index contributed by atoms with van der Waals surface area (Å²) >= 11 is 0. The highest BCUT2D eigenvalue weighted by atomic mass is 16.6. The molecule has 14 rings (SSSR count). The highest BCUT2D eigenvalue weighted by molar-refractivity contribution is 5.90. The van der Waals surface area contributed by atoms with E-state index in [1.54, 1.807) is 13.0 Å². The van der Waals surface area contributed by atoms with Crippen LogP contribution in [0, 0.1) is 29.1 Å². The second-order valence-electron chi connectivity index (χ2n) is 25.9. The molecule has 11 nitrogen and oxygen atoms in total. The first-order valence-electron chi connectivity index (χ1n) is 31.0. The number of allylic oxidation sites excluding steroid dienone is 4. The molecule has 2 bridgehead atoms. The summed E-state index contributed by atoms with van der Waals surface area (Å²) in [5, 5.41) is 32.6. The Labute approximate surface area is 487 Å². The van der Waals surface area contributed by atoms with Crippen molar-refractivity contribution in [2.45, 2.75) is 164 Å². The van der Waals surface area contributed by atoms with Gasteiger partial charge in [-0.25, -0.2) is 9.59 Å². The minimum Gasteiger partial charge on any atom is -0.482 e. The van der Waals surface area contributed by atoms with Gasteiger partial charge in [0.05, 0.1) is 25.4 Å². The number of esters is 2. The summed E-state index contributed by atoms with van der Waals surface area (Å²) in [6, 6.07) is 30.3. The van der Waals surface area contributed by atoms with Gasteiger partial charge in [-0.3, -0.25) is 4.79 Å². The maximum Gasteiger partial charge on any atom is 0.340 e. The van der Waals surface area contributed by atoms with Crippen LogP contribution in [0.2, 0.25) is 0 Å². The van der Waals surface area contributed by atoms with E-state index >= 15 is 9.59 Å². The third-order valence-electron chi connectivity index (χ3n) is 21.6. The molecule has 0 amide bonds. The van der Waals surface area contributed by atoms with Crippen molar-refractivity contribution in [2.75, 3.05) is 26.9 Å². The molecule has 4 heterocycles. The van der Waals surface area contributed by atoms with Crippen LogP contribution in [-0.2, 0) is 42.2 Å². The van der Waals surface area contributed by atoms with Crippen LogP contribution in [-0.4, -0.2) is 65.9 Å². The normalized spacial score (nSPS) is 30.8. The summed E-state index contributed by atoms with van der Waals surface area (Å²) in [7, 11) is 1.52. The molecule has 3 aliphatic heterocycles. The molecular weight excluding hydrogens is 1040 g/mol. The molecule has 4 aromatic carbocycles. The van der Waals surface area contributed by atoms with E-state index in [-0.39, 0.29) is 96.2 Å². The maximum absolute atomic E-state index is 15.8. The number of aliphatic hydroxyl groups is 3. The number of rotatable bonds is 9. The molecule has 83 heavy (non-hydrogen) atoms. The predicted molar refractivity (Wildman–Crippen MR) is 319 cm³/mol. The lowest BCUT2D eigenvalue weighted by Gasteiger charge is -2.57. The largest absolute Gasteiger partial charge is 0.482 e. The lowest BCUT2D eigenvalue weighted by molar-refractivity contribution is -0.212. The van der Waals surface area contributed by atoms with Crippen molar-refractivity contribution in [2.24, 2.45) is 29.1 Å². The molecule has 3 N–H and O–H groups in total. The van der Waals surface area contributed by atoms with Crippen LogP contribution in [0.25, 0.3) is 17.0 Å². The molecule has 11 atom stereocenters. The van der Waals surface area contributed by atoms with Crippen molar-refractivity contribution < 1.29 is 48.3 Å². The molecule has 6 aliphatic carbocycles. The van der Waals surface area contributed by atoms with Crippen LogP contribution in [0.3, 0.4) is 0 Å². The summed E-state index contributed by atoms with van der Waals surface area (Å²) in [6.45, 7) is 0.733. The monoisotopic (exact) mass is 1120 g/mol. The average molecular weight is 1120 g/mol. The second-order valence-corrected chi connectivity index (χ2v) is 25.9. The van der Waals surface area contributed by atoms with E-state index in [4.69, 9.17) is 23.4 Å². The van der Waals surface area contributed by atoms with E-state index in [9.17, 15) is 20.1 Å². The zero-order valence-corrected chi connectivity index (χ0v) is 48.2. The Kier molecular flexibility index (Phi) is 15.4. The van der Waals surface area contributed by atoms with E-state index in [0.717, 1.165) is 68.9 Å². The quantitative estimate of drug-likeness (QED) is 0.0557. The van der Waals surface area contributed by atoms with Crippen LogP contribution >= 0.6 is 0 Å². The number of benzene rings is 4. The van der Waals surface area contributed by atoms with Crippen LogP contribution in [0.1, 0.15) is 184 Å². The molecule has 434 valence electrons. The molecule has 1 aromatic heterocycles. The number of carbonyl (C=O) groups is 2.